The summed E-state index contributed by atoms with van der Waals surface area (Å²) in [5, 5.41) is 3.42. The van der Waals surface area contributed by atoms with Crippen molar-refractivity contribution in [2.75, 3.05) is 12.4 Å². The Hall–Kier alpha value is -3.97. The first kappa shape index (κ1) is 21.9. The zero-order valence-corrected chi connectivity index (χ0v) is 19.4. The van der Waals surface area contributed by atoms with Crippen molar-refractivity contribution in [3.05, 3.63) is 98.8 Å². The van der Waals surface area contributed by atoms with Gasteiger partial charge >= 0.3 is 0 Å². The first-order valence-corrected chi connectivity index (χ1v) is 11.1. The summed E-state index contributed by atoms with van der Waals surface area (Å²) in [6, 6.07) is 20.0. The maximum Gasteiger partial charge on any atom is 0.278 e. The number of methoxy groups -OCH3 is 1. The van der Waals surface area contributed by atoms with Crippen molar-refractivity contribution in [3.63, 3.8) is 0 Å². The molecule has 172 valence electrons. The fourth-order valence-corrected chi connectivity index (χ4v) is 4.30. The number of rotatable bonds is 5. The number of fused-ring (bicyclic) bond motifs is 2. The van der Waals surface area contributed by atoms with Gasteiger partial charge in [-0.15, -0.1) is 0 Å². The number of nitrogens with zero attached hydrogens (tertiary/aromatic N) is 2. The summed E-state index contributed by atoms with van der Waals surface area (Å²) >= 11 is 6.11. The number of para-hydroxylation sites is 2. The molecule has 0 aliphatic carbocycles. The fourth-order valence-electron chi connectivity index (χ4n) is 4.13. The molecule has 7 nitrogen and oxygen atoms in total. The summed E-state index contributed by atoms with van der Waals surface area (Å²) in [6.07, 6.45) is 0.371. The minimum atomic E-state index is -0.317. The summed E-state index contributed by atoms with van der Waals surface area (Å²) in [5.41, 5.74) is 3.22. The molecule has 1 aromatic heterocycles. The standard InChI is InChI=1S/C26H22ClN3O4/c1-16-11-12-18(27)14-21(16)28-23(31)15-29-26-20(25(32)30(29)19-8-4-3-5-9-19)13-17-7-6-10-22(33-2)24(17)34-26/h3-12,14H,13,15H2,1-2H3,(H,28,31). The molecule has 2 heterocycles. The number of carbonyl (C=O) groups is 1. The Morgan fingerprint density at radius 2 is 1.91 bits per heavy atom. The Bertz CT molecular complexity index is 1460. The molecule has 0 radical (unpaired) electrons. The summed E-state index contributed by atoms with van der Waals surface area (Å²) < 4.78 is 14.7. The summed E-state index contributed by atoms with van der Waals surface area (Å²) in [7, 11) is 1.57. The molecule has 0 bridgehead atoms. The van der Waals surface area contributed by atoms with Gasteiger partial charge in [0, 0.05) is 22.7 Å². The van der Waals surface area contributed by atoms with Gasteiger partial charge in [0.15, 0.2) is 11.5 Å². The molecular formula is C26H22ClN3O4. The molecule has 0 saturated heterocycles. The maximum absolute atomic E-state index is 13.5. The molecule has 1 aliphatic rings. The van der Waals surface area contributed by atoms with E-state index in [-0.39, 0.29) is 18.0 Å². The van der Waals surface area contributed by atoms with Crippen LogP contribution in [0.3, 0.4) is 0 Å². The normalized spacial score (nSPS) is 11.9. The van der Waals surface area contributed by atoms with E-state index in [1.54, 1.807) is 30.0 Å². The van der Waals surface area contributed by atoms with Gasteiger partial charge in [0.1, 0.15) is 6.54 Å². The van der Waals surface area contributed by atoms with E-state index in [1.807, 2.05) is 55.5 Å². The van der Waals surface area contributed by atoms with Gasteiger partial charge in [-0.25, -0.2) is 9.36 Å². The highest BCUT2D eigenvalue weighted by Gasteiger charge is 2.30. The van der Waals surface area contributed by atoms with E-state index in [2.05, 4.69) is 5.32 Å². The highest BCUT2D eigenvalue weighted by molar-refractivity contribution is 6.31. The molecular weight excluding hydrogens is 454 g/mol. The lowest BCUT2D eigenvalue weighted by Crippen LogP contribution is -2.27. The Morgan fingerprint density at radius 1 is 1.12 bits per heavy atom. The predicted octanol–water partition coefficient (Wildman–Crippen LogP) is 4.94. The lowest BCUT2D eigenvalue weighted by Gasteiger charge is -2.21. The van der Waals surface area contributed by atoms with Crippen LogP contribution < -0.4 is 20.3 Å². The lowest BCUT2D eigenvalue weighted by molar-refractivity contribution is -0.117. The molecule has 0 fully saturated rings. The van der Waals surface area contributed by atoms with Crippen LogP contribution in [0.5, 0.6) is 17.4 Å². The van der Waals surface area contributed by atoms with E-state index in [1.165, 1.54) is 4.68 Å². The Balaban J connectivity index is 1.59. The number of hydrogen-bond acceptors (Lipinski definition) is 4. The second-order valence-corrected chi connectivity index (χ2v) is 8.47. The summed E-state index contributed by atoms with van der Waals surface area (Å²) in [6.45, 7) is 1.74. The number of carbonyl (C=O) groups excluding carboxylic acids is 1. The number of anilines is 1. The average molecular weight is 476 g/mol. The average Bonchev–Trinajstić information content (AvgIpc) is 3.10. The smallest absolute Gasteiger partial charge is 0.278 e. The van der Waals surface area contributed by atoms with Crippen molar-refractivity contribution in [1.82, 2.24) is 9.36 Å². The van der Waals surface area contributed by atoms with Crippen molar-refractivity contribution >= 4 is 23.2 Å². The summed E-state index contributed by atoms with van der Waals surface area (Å²) in [5.74, 6) is 1.11. The first-order chi connectivity index (χ1) is 16.5. The third-order valence-corrected chi connectivity index (χ3v) is 6.03. The van der Waals surface area contributed by atoms with Gasteiger partial charge in [0.25, 0.3) is 5.56 Å². The van der Waals surface area contributed by atoms with Crippen LogP contribution in [-0.2, 0) is 17.8 Å². The Morgan fingerprint density at radius 3 is 2.68 bits per heavy atom. The minimum Gasteiger partial charge on any atom is -0.493 e. The van der Waals surface area contributed by atoms with E-state index in [4.69, 9.17) is 21.1 Å². The van der Waals surface area contributed by atoms with E-state index in [9.17, 15) is 9.59 Å². The van der Waals surface area contributed by atoms with Crippen LogP contribution in [0.1, 0.15) is 16.7 Å². The van der Waals surface area contributed by atoms with Crippen LogP contribution in [0.25, 0.3) is 5.69 Å². The zero-order valence-electron chi connectivity index (χ0n) is 18.7. The number of aromatic nitrogens is 2. The van der Waals surface area contributed by atoms with Gasteiger partial charge in [-0.2, -0.15) is 0 Å². The number of hydrogen-bond donors (Lipinski definition) is 1. The predicted molar refractivity (Wildman–Crippen MR) is 131 cm³/mol. The molecule has 4 aromatic rings. The molecule has 5 rings (SSSR count). The van der Waals surface area contributed by atoms with Gasteiger partial charge in [0.2, 0.25) is 11.8 Å². The summed E-state index contributed by atoms with van der Waals surface area (Å²) in [4.78, 5) is 26.6. The van der Waals surface area contributed by atoms with Crippen LogP contribution in [0.4, 0.5) is 5.69 Å². The molecule has 0 spiro atoms. The van der Waals surface area contributed by atoms with Gasteiger partial charge in [0.05, 0.1) is 18.4 Å². The van der Waals surface area contributed by atoms with E-state index in [0.717, 1.165) is 11.1 Å². The van der Waals surface area contributed by atoms with Crippen molar-refractivity contribution in [2.45, 2.75) is 19.9 Å². The van der Waals surface area contributed by atoms with Crippen molar-refractivity contribution in [1.29, 1.82) is 0 Å². The number of ether oxygens (including phenoxy) is 2. The van der Waals surface area contributed by atoms with Crippen LogP contribution in [0.2, 0.25) is 5.02 Å². The van der Waals surface area contributed by atoms with E-state index in [0.29, 0.717) is 45.8 Å². The second-order valence-electron chi connectivity index (χ2n) is 8.03. The molecule has 3 aromatic carbocycles. The molecule has 8 heteroatoms. The molecule has 1 N–H and O–H groups in total. The molecule has 1 amide bonds. The number of benzene rings is 3. The van der Waals surface area contributed by atoms with Crippen molar-refractivity contribution < 1.29 is 14.3 Å². The molecule has 0 saturated carbocycles. The molecule has 34 heavy (non-hydrogen) atoms. The highest BCUT2D eigenvalue weighted by Crippen LogP contribution is 2.41. The van der Waals surface area contributed by atoms with Crippen LogP contribution >= 0.6 is 11.6 Å². The monoisotopic (exact) mass is 475 g/mol. The SMILES string of the molecule is COc1cccc2c1Oc1c(c(=O)n(-c3ccccc3)n1CC(=O)Nc1cc(Cl)ccc1C)C2. The number of nitrogens with one attached hydrogen (secondary N) is 1. The van der Waals surface area contributed by atoms with Gasteiger partial charge in [-0.05, 0) is 42.8 Å². The molecule has 0 unspecified atom stereocenters. The van der Waals surface area contributed by atoms with E-state index >= 15 is 0 Å². The molecule has 1 aliphatic heterocycles. The van der Waals surface area contributed by atoms with Gasteiger partial charge in [-0.1, -0.05) is 48.0 Å². The minimum absolute atomic E-state index is 0.143. The third kappa shape index (κ3) is 3.84. The number of aryl methyl sites for hydroxylation is 1. The fraction of sp³-hybridized carbons (Fsp3) is 0.154. The number of halogens is 1. The third-order valence-electron chi connectivity index (χ3n) is 5.80. The second kappa shape index (κ2) is 8.76. The Labute approximate surface area is 201 Å². The Kier molecular flexibility index (Phi) is 5.63. The van der Waals surface area contributed by atoms with Crippen molar-refractivity contribution in [3.8, 4) is 23.1 Å². The maximum atomic E-state index is 13.5. The topological polar surface area (TPSA) is 74.5 Å². The number of amides is 1. The van der Waals surface area contributed by atoms with Crippen LogP contribution in [0, 0.1) is 6.92 Å². The van der Waals surface area contributed by atoms with Gasteiger partial charge < -0.3 is 14.8 Å². The molecule has 0 atom stereocenters. The lowest BCUT2D eigenvalue weighted by atomic mass is 10.0. The van der Waals surface area contributed by atoms with Crippen molar-refractivity contribution in [2.24, 2.45) is 0 Å². The van der Waals surface area contributed by atoms with Gasteiger partial charge in [-0.3, -0.25) is 9.59 Å². The quantitative estimate of drug-likeness (QED) is 0.390. The van der Waals surface area contributed by atoms with Crippen LogP contribution in [-0.4, -0.2) is 22.4 Å². The first-order valence-electron chi connectivity index (χ1n) is 10.8. The zero-order chi connectivity index (χ0) is 23.8. The largest absolute Gasteiger partial charge is 0.493 e. The van der Waals surface area contributed by atoms with E-state index < -0.39 is 0 Å². The highest BCUT2D eigenvalue weighted by atomic mass is 35.5. The van der Waals surface area contributed by atoms with Crippen LogP contribution in [0.15, 0.2) is 71.5 Å².